The topological polar surface area (TPSA) is 12.0 Å². The SMILES string of the molecule is CC(C)C1CC(NCCc2ccc(Br)s2)C1. The zero-order valence-corrected chi connectivity index (χ0v) is 12.4. The van der Waals surface area contributed by atoms with E-state index in [1.54, 1.807) is 0 Å². The van der Waals surface area contributed by atoms with Crippen molar-refractivity contribution in [3.63, 3.8) is 0 Å². The number of rotatable bonds is 5. The van der Waals surface area contributed by atoms with Crippen LogP contribution in [-0.4, -0.2) is 12.6 Å². The lowest BCUT2D eigenvalue weighted by Gasteiger charge is -2.38. The van der Waals surface area contributed by atoms with Gasteiger partial charge in [0.15, 0.2) is 0 Å². The Morgan fingerprint density at radius 1 is 1.44 bits per heavy atom. The van der Waals surface area contributed by atoms with Crippen molar-refractivity contribution in [2.45, 2.75) is 39.2 Å². The van der Waals surface area contributed by atoms with Gasteiger partial charge in [-0.3, -0.25) is 0 Å². The zero-order chi connectivity index (χ0) is 11.5. The van der Waals surface area contributed by atoms with Crippen molar-refractivity contribution in [1.82, 2.24) is 5.32 Å². The Balaban J connectivity index is 1.60. The van der Waals surface area contributed by atoms with Crippen molar-refractivity contribution in [2.75, 3.05) is 6.54 Å². The van der Waals surface area contributed by atoms with Crippen LogP contribution in [0.1, 0.15) is 31.6 Å². The second-order valence-corrected chi connectivity index (χ2v) is 7.63. The molecule has 1 fully saturated rings. The summed E-state index contributed by atoms with van der Waals surface area (Å²) in [5.41, 5.74) is 0. The molecule has 0 atom stereocenters. The number of halogens is 1. The molecular formula is C13H20BrNS. The van der Waals surface area contributed by atoms with Gasteiger partial charge in [0, 0.05) is 17.5 Å². The van der Waals surface area contributed by atoms with Crippen LogP contribution in [-0.2, 0) is 6.42 Å². The first-order valence-electron chi connectivity index (χ1n) is 6.12. The third kappa shape index (κ3) is 3.31. The fraction of sp³-hybridized carbons (Fsp3) is 0.692. The predicted octanol–water partition coefficient (Wildman–Crippen LogP) is 4.08. The highest BCUT2D eigenvalue weighted by Gasteiger charge is 2.30. The highest BCUT2D eigenvalue weighted by Crippen LogP contribution is 2.33. The lowest BCUT2D eigenvalue weighted by molar-refractivity contribution is 0.169. The number of thiophene rings is 1. The average Bonchev–Trinajstić information content (AvgIpc) is 2.54. The normalized spacial score (nSPS) is 24.8. The van der Waals surface area contributed by atoms with Gasteiger partial charge in [-0.2, -0.15) is 0 Å². The van der Waals surface area contributed by atoms with Gasteiger partial charge in [0.25, 0.3) is 0 Å². The van der Waals surface area contributed by atoms with E-state index < -0.39 is 0 Å². The fourth-order valence-electron chi connectivity index (χ4n) is 2.26. The highest BCUT2D eigenvalue weighted by molar-refractivity contribution is 9.11. The number of hydrogen-bond acceptors (Lipinski definition) is 2. The van der Waals surface area contributed by atoms with Crippen LogP contribution in [0.5, 0.6) is 0 Å². The quantitative estimate of drug-likeness (QED) is 0.864. The lowest BCUT2D eigenvalue weighted by atomic mass is 9.74. The van der Waals surface area contributed by atoms with Crippen LogP contribution < -0.4 is 5.32 Å². The van der Waals surface area contributed by atoms with Crippen molar-refractivity contribution in [3.8, 4) is 0 Å². The van der Waals surface area contributed by atoms with E-state index in [9.17, 15) is 0 Å². The summed E-state index contributed by atoms with van der Waals surface area (Å²) in [7, 11) is 0. The van der Waals surface area contributed by atoms with E-state index in [1.807, 2.05) is 11.3 Å². The summed E-state index contributed by atoms with van der Waals surface area (Å²) < 4.78 is 1.24. The van der Waals surface area contributed by atoms with Crippen molar-refractivity contribution < 1.29 is 0 Å². The molecule has 1 aliphatic rings. The van der Waals surface area contributed by atoms with E-state index in [2.05, 4.69) is 47.2 Å². The second kappa shape index (κ2) is 5.65. The second-order valence-electron chi connectivity index (χ2n) is 5.08. The van der Waals surface area contributed by atoms with Gasteiger partial charge < -0.3 is 5.32 Å². The van der Waals surface area contributed by atoms with E-state index >= 15 is 0 Å². The van der Waals surface area contributed by atoms with Crippen LogP contribution in [0.3, 0.4) is 0 Å². The molecule has 1 aromatic rings. The molecule has 0 unspecified atom stereocenters. The maximum atomic E-state index is 3.65. The van der Waals surface area contributed by atoms with Gasteiger partial charge in [0.1, 0.15) is 0 Å². The first-order chi connectivity index (χ1) is 7.65. The summed E-state index contributed by atoms with van der Waals surface area (Å²) in [5, 5.41) is 3.65. The first kappa shape index (κ1) is 12.6. The standard InChI is InChI=1S/C13H20BrNS/c1-9(2)10-7-11(8-10)15-6-5-12-3-4-13(14)16-12/h3-4,9-11,15H,5-8H2,1-2H3. The third-order valence-electron chi connectivity index (χ3n) is 3.55. The maximum absolute atomic E-state index is 3.65. The molecule has 0 bridgehead atoms. The molecule has 0 spiro atoms. The molecule has 1 aliphatic carbocycles. The minimum absolute atomic E-state index is 0.788. The van der Waals surface area contributed by atoms with Crippen LogP contribution in [0.15, 0.2) is 15.9 Å². The van der Waals surface area contributed by atoms with Crippen molar-refractivity contribution in [1.29, 1.82) is 0 Å². The fourth-order valence-corrected chi connectivity index (χ4v) is 3.74. The molecular weight excluding hydrogens is 282 g/mol. The molecule has 0 radical (unpaired) electrons. The molecule has 1 saturated carbocycles. The highest BCUT2D eigenvalue weighted by atomic mass is 79.9. The van der Waals surface area contributed by atoms with Crippen LogP contribution in [0.2, 0.25) is 0 Å². The van der Waals surface area contributed by atoms with E-state index in [4.69, 9.17) is 0 Å². The molecule has 1 N–H and O–H groups in total. The molecule has 2 rings (SSSR count). The summed E-state index contributed by atoms with van der Waals surface area (Å²) in [6.45, 7) is 5.80. The minimum atomic E-state index is 0.788. The Labute approximate surface area is 111 Å². The van der Waals surface area contributed by atoms with E-state index in [0.717, 1.165) is 24.4 Å². The summed E-state index contributed by atoms with van der Waals surface area (Å²) in [6.07, 6.45) is 3.93. The van der Waals surface area contributed by atoms with Gasteiger partial charge >= 0.3 is 0 Å². The van der Waals surface area contributed by atoms with Gasteiger partial charge in [0.05, 0.1) is 3.79 Å². The Morgan fingerprint density at radius 2 is 2.19 bits per heavy atom. The van der Waals surface area contributed by atoms with Crippen LogP contribution in [0.25, 0.3) is 0 Å². The molecule has 1 aromatic heterocycles. The monoisotopic (exact) mass is 301 g/mol. The Morgan fingerprint density at radius 3 is 2.75 bits per heavy atom. The van der Waals surface area contributed by atoms with Gasteiger partial charge in [-0.05, 0) is 59.2 Å². The summed E-state index contributed by atoms with van der Waals surface area (Å²) in [4.78, 5) is 1.47. The number of hydrogen-bond donors (Lipinski definition) is 1. The molecule has 0 aliphatic heterocycles. The van der Waals surface area contributed by atoms with Crippen molar-refractivity contribution in [3.05, 3.63) is 20.8 Å². The summed E-state index contributed by atoms with van der Waals surface area (Å²) >= 11 is 5.35. The van der Waals surface area contributed by atoms with Crippen LogP contribution in [0.4, 0.5) is 0 Å². The number of nitrogens with one attached hydrogen (secondary N) is 1. The van der Waals surface area contributed by atoms with E-state index in [0.29, 0.717) is 0 Å². The molecule has 0 aromatic carbocycles. The molecule has 1 nitrogen and oxygen atoms in total. The van der Waals surface area contributed by atoms with Crippen molar-refractivity contribution >= 4 is 27.3 Å². The Bertz CT molecular complexity index is 328. The van der Waals surface area contributed by atoms with Gasteiger partial charge in [-0.1, -0.05) is 13.8 Å². The van der Waals surface area contributed by atoms with Gasteiger partial charge in [-0.25, -0.2) is 0 Å². The zero-order valence-electron chi connectivity index (χ0n) is 10.0. The Hall–Kier alpha value is 0.140. The van der Waals surface area contributed by atoms with E-state index in [-0.39, 0.29) is 0 Å². The molecule has 1 heterocycles. The average molecular weight is 302 g/mol. The van der Waals surface area contributed by atoms with Crippen LogP contribution >= 0.6 is 27.3 Å². The minimum Gasteiger partial charge on any atom is -0.314 e. The maximum Gasteiger partial charge on any atom is 0.0701 e. The molecule has 0 saturated heterocycles. The summed E-state index contributed by atoms with van der Waals surface area (Å²) in [6, 6.07) is 5.14. The first-order valence-corrected chi connectivity index (χ1v) is 7.73. The lowest BCUT2D eigenvalue weighted by Crippen LogP contribution is -2.43. The summed E-state index contributed by atoms with van der Waals surface area (Å²) in [5.74, 6) is 1.83. The molecule has 3 heteroatoms. The molecule has 0 amide bonds. The molecule has 16 heavy (non-hydrogen) atoms. The van der Waals surface area contributed by atoms with E-state index in [1.165, 1.54) is 27.9 Å². The molecule has 90 valence electrons. The third-order valence-corrected chi connectivity index (χ3v) is 5.23. The van der Waals surface area contributed by atoms with Gasteiger partial charge in [-0.15, -0.1) is 11.3 Å². The smallest absolute Gasteiger partial charge is 0.0701 e. The van der Waals surface area contributed by atoms with Gasteiger partial charge in [0.2, 0.25) is 0 Å². The van der Waals surface area contributed by atoms with Crippen molar-refractivity contribution in [2.24, 2.45) is 11.8 Å². The van der Waals surface area contributed by atoms with Crippen LogP contribution in [0, 0.1) is 11.8 Å². The largest absolute Gasteiger partial charge is 0.314 e. The Kier molecular flexibility index (Phi) is 4.45. The predicted molar refractivity (Wildman–Crippen MR) is 75.1 cm³/mol.